The van der Waals surface area contributed by atoms with Gasteiger partial charge in [0.15, 0.2) is 0 Å². The zero-order valence-electron chi connectivity index (χ0n) is 10.5. The Kier molecular flexibility index (Phi) is 5.27. The molecule has 0 bridgehead atoms. The number of hydrogen-bond donors (Lipinski definition) is 1. The molecule has 0 saturated heterocycles. The average Bonchev–Trinajstić information content (AvgIpc) is 2.08. The molecular weight excluding hydrogens is 206 g/mol. The standard InChI is InChI=1S/C12H25NOS/c1-9-5-6-12(10(2)7-9)13-11(3)8-15(4)14/h9-13H,5-8H2,1-4H3. The van der Waals surface area contributed by atoms with Crippen LogP contribution in [0.15, 0.2) is 0 Å². The van der Waals surface area contributed by atoms with Crippen LogP contribution < -0.4 is 5.32 Å². The summed E-state index contributed by atoms with van der Waals surface area (Å²) in [6.07, 6.45) is 5.73. The van der Waals surface area contributed by atoms with Gasteiger partial charge in [0, 0.05) is 34.9 Å². The number of rotatable bonds is 4. The minimum atomic E-state index is -0.681. The summed E-state index contributed by atoms with van der Waals surface area (Å²) in [5.41, 5.74) is 0. The maximum atomic E-state index is 11.1. The molecule has 0 aromatic heterocycles. The fourth-order valence-corrected chi connectivity index (χ4v) is 3.48. The molecular formula is C12H25NOS. The Labute approximate surface area is 96.7 Å². The van der Waals surface area contributed by atoms with Crippen molar-refractivity contribution < 1.29 is 4.21 Å². The molecule has 0 aliphatic heterocycles. The highest BCUT2D eigenvalue weighted by atomic mass is 32.2. The van der Waals surface area contributed by atoms with Gasteiger partial charge < -0.3 is 5.32 Å². The number of nitrogens with one attached hydrogen (secondary N) is 1. The van der Waals surface area contributed by atoms with Gasteiger partial charge in [-0.25, -0.2) is 0 Å². The monoisotopic (exact) mass is 231 g/mol. The highest BCUT2D eigenvalue weighted by Gasteiger charge is 2.26. The fourth-order valence-electron chi connectivity index (χ4n) is 2.68. The van der Waals surface area contributed by atoms with E-state index in [4.69, 9.17) is 0 Å². The predicted octanol–water partition coefficient (Wildman–Crippen LogP) is 2.17. The summed E-state index contributed by atoms with van der Waals surface area (Å²) in [4.78, 5) is 0. The maximum absolute atomic E-state index is 11.1. The first kappa shape index (κ1) is 13.2. The largest absolute Gasteiger partial charge is 0.310 e. The molecule has 1 saturated carbocycles. The van der Waals surface area contributed by atoms with E-state index in [-0.39, 0.29) is 0 Å². The Bertz CT molecular complexity index is 220. The van der Waals surface area contributed by atoms with E-state index in [2.05, 4.69) is 26.1 Å². The Morgan fingerprint density at radius 2 is 2.07 bits per heavy atom. The first-order chi connectivity index (χ1) is 6.99. The molecule has 0 spiro atoms. The highest BCUT2D eigenvalue weighted by molar-refractivity contribution is 7.84. The van der Waals surface area contributed by atoms with E-state index in [1.165, 1.54) is 19.3 Å². The molecule has 1 rings (SSSR count). The van der Waals surface area contributed by atoms with Gasteiger partial charge in [0.25, 0.3) is 0 Å². The van der Waals surface area contributed by atoms with E-state index >= 15 is 0 Å². The molecule has 1 fully saturated rings. The maximum Gasteiger partial charge on any atom is 0.0383 e. The van der Waals surface area contributed by atoms with E-state index in [1.807, 2.05) is 0 Å². The zero-order valence-corrected chi connectivity index (χ0v) is 11.3. The molecule has 0 radical (unpaired) electrons. The molecule has 3 heteroatoms. The second kappa shape index (κ2) is 6.00. The van der Waals surface area contributed by atoms with Crippen LogP contribution in [0.2, 0.25) is 0 Å². The van der Waals surface area contributed by atoms with Gasteiger partial charge in [-0.05, 0) is 38.0 Å². The number of hydrogen-bond acceptors (Lipinski definition) is 2. The third-order valence-electron chi connectivity index (χ3n) is 3.41. The molecule has 0 aromatic carbocycles. The first-order valence-electron chi connectivity index (χ1n) is 6.05. The lowest BCUT2D eigenvalue weighted by atomic mass is 9.79. The minimum absolute atomic E-state index is 0.386. The van der Waals surface area contributed by atoms with Crippen LogP contribution in [0.3, 0.4) is 0 Å². The van der Waals surface area contributed by atoms with Crippen molar-refractivity contribution in [2.45, 2.75) is 52.1 Å². The summed E-state index contributed by atoms with van der Waals surface area (Å²) >= 11 is 0. The predicted molar refractivity (Wildman–Crippen MR) is 67.5 cm³/mol. The molecule has 1 N–H and O–H groups in total. The highest BCUT2D eigenvalue weighted by Crippen LogP contribution is 2.28. The molecule has 0 heterocycles. The van der Waals surface area contributed by atoms with Crippen molar-refractivity contribution in [3.63, 3.8) is 0 Å². The van der Waals surface area contributed by atoms with Gasteiger partial charge in [0.1, 0.15) is 0 Å². The van der Waals surface area contributed by atoms with Crippen LogP contribution in [0.25, 0.3) is 0 Å². The molecule has 2 nitrogen and oxygen atoms in total. The third kappa shape index (κ3) is 4.64. The minimum Gasteiger partial charge on any atom is -0.310 e. The van der Waals surface area contributed by atoms with Crippen LogP contribution in [-0.2, 0) is 10.8 Å². The van der Waals surface area contributed by atoms with E-state index in [0.29, 0.717) is 12.1 Å². The quantitative estimate of drug-likeness (QED) is 0.803. The average molecular weight is 231 g/mol. The van der Waals surface area contributed by atoms with E-state index in [1.54, 1.807) is 6.26 Å². The van der Waals surface area contributed by atoms with Gasteiger partial charge in [0.05, 0.1) is 0 Å². The zero-order chi connectivity index (χ0) is 11.4. The third-order valence-corrected chi connectivity index (χ3v) is 4.38. The van der Waals surface area contributed by atoms with Crippen LogP contribution in [0, 0.1) is 11.8 Å². The van der Waals surface area contributed by atoms with Crippen molar-refractivity contribution in [1.29, 1.82) is 0 Å². The summed E-state index contributed by atoms with van der Waals surface area (Å²) < 4.78 is 11.1. The molecule has 5 atom stereocenters. The molecule has 1 aliphatic rings. The van der Waals surface area contributed by atoms with Gasteiger partial charge in [-0.3, -0.25) is 4.21 Å². The van der Waals surface area contributed by atoms with Crippen LogP contribution >= 0.6 is 0 Å². The summed E-state index contributed by atoms with van der Waals surface area (Å²) in [6, 6.07) is 1.02. The summed E-state index contributed by atoms with van der Waals surface area (Å²) in [6.45, 7) is 6.83. The summed E-state index contributed by atoms with van der Waals surface area (Å²) in [5.74, 6) is 2.42. The van der Waals surface area contributed by atoms with Crippen molar-refractivity contribution in [3.05, 3.63) is 0 Å². The fraction of sp³-hybridized carbons (Fsp3) is 1.00. The van der Waals surface area contributed by atoms with E-state index < -0.39 is 10.8 Å². The van der Waals surface area contributed by atoms with Gasteiger partial charge in [0.2, 0.25) is 0 Å². The van der Waals surface area contributed by atoms with Crippen molar-refractivity contribution in [3.8, 4) is 0 Å². The summed E-state index contributed by atoms with van der Waals surface area (Å²) in [7, 11) is -0.681. The normalized spacial score (nSPS) is 36.1. The van der Waals surface area contributed by atoms with Crippen LogP contribution in [0.4, 0.5) is 0 Å². The van der Waals surface area contributed by atoms with Gasteiger partial charge in [-0.1, -0.05) is 13.8 Å². The summed E-state index contributed by atoms with van der Waals surface area (Å²) in [5, 5.41) is 3.63. The topological polar surface area (TPSA) is 29.1 Å². The Balaban J connectivity index is 2.34. The van der Waals surface area contributed by atoms with Crippen molar-refractivity contribution in [2.75, 3.05) is 12.0 Å². The molecule has 5 unspecified atom stereocenters. The van der Waals surface area contributed by atoms with Crippen LogP contribution in [0.1, 0.15) is 40.0 Å². The SMILES string of the molecule is CC1CCC(NC(C)CS(C)=O)C(C)C1. The molecule has 90 valence electrons. The Morgan fingerprint density at radius 3 is 2.60 bits per heavy atom. The van der Waals surface area contributed by atoms with Gasteiger partial charge >= 0.3 is 0 Å². The Hall–Kier alpha value is 0.110. The van der Waals surface area contributed by atoms with Crippen molar-refractivity contribution in [1.82, 2.24) is 5.32 Å². The van der Waals surface area contributed by atoms with Gasteiger partial charge in [-0.15, -0.1) is 0 Å². The van der Waals surface area contributed by atoms with E-state index in [9.17, 15) is 4.21 Å². The lowest BCUT2D eigenvalue weighted by Gasteiger charge is -2.35. The van der Waals surface area contributed by atoms with Gasteiger partial charge in [-0.2, -0.15) is 0 Å². The van der Waals surface area contributed by atoms with Crippen molar-refractivity contribution in [2.24, 2.45) is 11.8 Å². The molecule has 0 aromatic rings. The Morgan fingerprint density at radius 1 is 1.40 bits per heavy atom. The molecule has 0 amide bonds. The molecule has 1 aliphatic carbocycles. The van der Waals surface area contributed by atoms with Crippen molar-refractivity contribution >= 4 is 10.8 Å². The lowest BCUT2D eigenvalue weighted by molar-refractivity contribution is 0.219. The lowest BCUT2D eigenvalue weighted by Crippen LogP contribution is -2.45. The van der Waals surface area contributed by atoms with Crippen LogP contribution in [-0.4, -0.2) is 28.3 Å². The first-order valence-corrected chi connectivity index (χ1v) is 7.77. The smallest absolute Gasteiger partial charge is 0.0383 e. The van der Waals surface area contributed by atoms with E-state index in [0.717, 1.165) is 17.6 Å². The second-order valence-corrected chi connectivity index (χ2v) is 6.79. The molecule has 15 heavy (non-hydrogen) atoms. The second-order valence-electron chi connectivity index (χ2n) is 5.31. The van der Waals surface area contributed by atoms with Crippen LogP contribution in [0.5, 0.6) is 0 Å².